The number of pyridine rings is 1. The molecule has 2 aromatic heterocycles. The molecule has 166 valence electrons. The number of hydrogen-bond donors (Lipinski definition) is 0. The Balaban J connectivity index is 1.77. The number of carbonyl (C=O) groups excluding carboxylic acids is 1. The lowest BCUT2D eigenvalue weighted by atomic mass is 10.3. The van der Waals surface area contributed by atoms with Crippen molar-refractivity contribution in [2.45, 2.75) is 32.3 Å². The van der Waals surface area contributed by atoms with Gasteiger partial charge in [-0.05, 0) is 31.3 Å². The summed E-state index contributed by atoms with van der Waals surface area (Å²) in [5.41, 5.74) is 0.587. The van der Waals surface area contributed by atoms with E-state index in [0.717, 1.165) is 0 Å². The molecule has 1 aliphatic heterocycles. The van der Waals surface area contributed by atoms with Crippen molar-refractivity contribution in [2.75, 3.05) is 45.9 Å². The van der Waals surface area contributed by atoms with Gasteiger partial charge in [-0.25, -0.2) is 17.9 Å². The average Bonchev–Trinajstić information content (AvgIpc) is 3.04. The van der Waals surface area contributed by atoms with Gasteiger partial charge in [0.05, 0.1) is 18.2 Å². The van der Waals surface area contributed by atoms with E-state index in [9.17, 15) is 13.2 Å². The van der Waals surface area contributed by atoms with E-state index in [0.29, 0.717) is 63.0 Å². The molecule has 12 heteroatoms. The SMILES string of the molecule is CCOC(=O)N1CCN(Cn2nc3ccc(S(=O)(=O)N(CC)CC)cn3c2=S)CC1. The summed E-state index contributed by atoms with van der Waals surface area (Å²) in [5.74, 6) is 0. The van der Waals surface area contributed by atoms with Gasteiger partial charge < -0.3 is 9.64 Å². The molecule has 0 bridgehead atoms. The summed E-state index contributed by atoms with van der Waals surface area (Å²) >= 11 is 5.54. The van der Waals surface area contributed by atoms with Crippen molar-refractivity contribution in [3.8, 4) is 0 Å². The predicted octanol–water partition coefficient (Wildman–Crippen LogP) is 1.63. The molecule has 0 atom stereocenters. The molecular weight excluding hydrogens is 428 g/mol. The van der Waals surface area contributed by atoms with Crippen LogP contribution in [0.25, 0.3) is 5.65 Å². The fourth-order valence-corrected chi connectivity index (χ4v) is 5.13. The highest BCUT2D eigenvalue weighted by atomic mass is 32.2. The summed E-state index contributed by atoms with van der Waals surface area (Å²) in [4.78, 5) is 15.9. The van der Waals surface area contributed by atoms with E-state index in [1.54, 1.807) is 33.0 Å². The summed E-state index contributed by atoms with van der Waals surface area (Å²) in [5, 5.41) is 4.52. The number of carbonyl (C=O) groups is 1. The molecule has 0 radical (unpaired) electrons. The van der Waals surface area contributed by atoms with Crippen molar-refractivity contribution in [1.29, 1.82) is 0 Å². The quantitative estimate of drug-likeness (QED) is 0.585. The van der Waals surface area contributed by atoms with Crippen LogP contribution in [0.1, 0.15) is 20.8 Å². The van der Waals surface area contributed by atoms with Gasteiger partial charge in [-0.3, -0.25) is 9.30 Å². The molecular formula is C18H28N6O4S2. The molecule has 0 spiro atoms. The molecule has 1 saturated heterocycles. The summed E-state index contributed by atoms with van der Waals surface area (Å²) in [6, 6.07) is 3.23. The van der Waals surface area contributed by atoms with E-state index in [1.807, 2.05) is 13.8 Å². The Morgan fingerprint density at radius 3 is 2.43 bits per heavy atom. The Morgan fingerprint density at radius 2 is 1.83 bits per heavy atom. The Kier molecular flexibility index (Phi) is 7.11. The molecule has 1 aliphatic rings. The number of fused-ring (bicyclic) bond motifs is 1. The van der Waals surface area contributed by atoms with Crippen LogP contribution < -0.4 is 0 Å². The number of amides is 1. The minimum Gasteiger partial charge on any atom is -0.450 e. The third-order valence-electron chi connectivity index (χ3n) is 5.13. The summed E-state index contributed by atoms with van der Waals surface area (Å²) < 4.78 is 35.8. The molecule has 2 aromatic rings. The highest BCUT2D eigenvalue weighted by Crippen LogP contribution is 2.17. The van der Waals surface area contributed by atoms with Gasteiger partial charge in [0.15, 0.2) is 5.65 Å². The molecule has 1 fully saturated rings. The second kappa shape index (κ2) is 9.41. The highest BCUT2D eigenvalue weighted by Gasteiger charge is 2.24. The van der Waals surface area contributed by atoms with Gasteiger partial charge in [-0.15, -0.1) is 0 Å². The molecule has 10 nitrogen and oxygen atoms in total. The molecule has 3 rings (SSSR count). The maximum Gasteiger partial charge on any atom is 0.409 e. The Bertz CT molecular complexity index is 1050. The molecule has 0 unspecified atom stereocenters. The Morgan fingerprint density at radius 1 is 1.17 bits per heavy atom. The monoisotopic (exact) mass is 456 g/mol. The van der Waals surface area contributed by atoms with Gasteiger partial charge in [0.25, 0.3) is 0 Å². The topological polar surface area (TPSA) is 92.4 Å². The highest BCUT2D eigenvalue weighted by molar-refractivity contribution is 7.89. The lowest BCUT2D eigenvalue weighted by Gasteiger charge is -2.33. The lowest BCUT2D eigenvalue weighted by Crippen LogP contribution is -2.49. The molecule has 0 aliphatic carbocycles. The fraction of sp³-hybridized carbons (Fsp3) is 0.611. The summed E-state index contributed by atoms with van der Waals surface area (Å²) in [7, 11) is -3.58. The zero-order valence-electron chi connectivity index (χ0n) is 17.5. The number of nitrogens with zero attached hydrogens (tertiary/aromatic N) is 6. The standard InChI is InChI=1S/C18H28N6O4S2/c1-4-22(5-2)30(26,27)15-7-8-16-19-24(17(29)23(16)13-15)14-20-9-11-21(12-10-20)18(25)28-6-3/h7-8,13H,4-6,9-12,14H2,1-3H3. The first-order chi connectivity index (χ1) is 14.3. The number of ether oxygens (including phenoxy) is 1. The summed E-state index contributed by atoms with van der Waals surface area (Å²) in [6.07, 6.45) is 1.25. The third-order valence-corrected chi connectivity index (χ3v) is 7.57. The van der Waals surface area contributed by atoms with Gasteiger partial charge in [-0.2, -0.15) is 9.40 Å². The van der Waals surface area contributed by atoms with E-state index in [-0.39, 0.29) is 11.0 Å². The first kappa shape index (κ1) is 22.7. The Labute approximate surface area is 181 Å². The van der Waals surface area contributed by atoms with Crippen molar-refractivity contribution in [2.24, 2.45) is 0 Å². The van der Waals surface area contributed by atoms with E-state index in [1.165, 1.54) is 10.5 Å². The van der Waals surface area contributed by atoms with Crippen LogP contribution in [0.15, 0.2) is 23.2 Å². The van der Waals surface area contributed by atoms with Crippen molar-refractivity contribution in [1.82, 2.24) is 28.3 Å². The van der Waals surface area contributed by atoms with Crippen LogP contribution in [0.3, 0.4) is 0 Å². The number of hydrogen-bond acceptors (Lipinski definition) is 7. The predicted molar refractivity (Wildman–Crippen MR) is 114 cm³/mol. The van der Waals surface area contributed by atoms with Crippen LogP contribution in [0.4, 0.5) is 4.79 Å². The van der Waals surface area contributed by atoms with Crippen LogP contribution in [0, 0.1) is 4.77 Å². The second-order valence-corrected chi connectivity index (χ2v) is 9.21. The van der Waals surface area contributed by atoms with Gasteiger partial charge in [0.2, 0.25) is 14.8 Å². The smallest absolute Gasteiger partial charge is 0.409 e. The largest absolute Gasteiger partial charge is 0.450 e. The Hall–Kier alpha value is -2.02. The summed E-state index contributed by atoms with van der Waals surface area (Å²) in [6.45, 7) is 9.55. The fourth-order valence-electron chi connectivity index (χ4n) is 3.43. The minimum atomic E-state index is -3.58. The normalized spacial score (nSPS) is 15.8. The van der Waals surface area contributed by atoms with E-state index < -0.39 is 10.0 Å². The minimum absolute atomic E-state index is 0.192. The first-order valence-corrected chi connectivity index (χ1v) is 11.9. The van der Waals surface area contributed by atoms with Crippen LogP contribution in [-0.2, 0) is 21.4 Å². The second-order valence-electron chi connectivity index (χ2n) is 6.91. The van der Waals surface area contributed by atoms with Crippen LogP contribution in [0.5, 0.6) is 0 Å². The number of rotatable bonds is 7. The van der Waals surface area contributed by atoms with E-state index in [4.69, 9.17) is 17.0 Å². The maximum absolute atomic E-state index is 12.8. The molecule has 1 amide bonds. The third kappa shape index (κ3) is 4.51. The number of aromatic nitrogens is 3. The molecule has 30 heavy (non-hydrogen) atoms. The van der Waals surface area contributed by atoms with Gasteiger partial charge in [0.1, 0.15) is 0 Å². The maximum atomic E-state index is 12.8. The lowest BCUT2D eigenvalue weighted by molar-refractivity contribution is 0.0691. The first-order valence-electron chi connectivity index (χ1n) is 10.0. The van der Waals surface area contributed by atoms with Crippen LogP contribution >= 0.6 is 12.2 Å². The van der Waals surface area contributed by atoms with E-state index in [2.05, 4.69) is 10.00 Å². The number of sulfonamides is 1. The van der Waals surface area contributed by atoms with Gasteiger partial charge in [-0.1, -0.05) is 13.8 Å². The van der Waals surface area contributed by atoms with Gasteiger partial charge >= 0.3 is 6.09 Å². The van der Waals surface area contributed by atoms with Crippen molar-refractivity contribution in [3.05, 3.63) is 23.1 Å². The van der Waals surface area contributed by atoms with Crippen molar-refractivity contribution in [3.63, 3.8) is 0 Å². The van der Waals surface area contributed by atoms with Crippen molar-refractivity contribution < 1.29 is 17.9 Å². The molecule has 0 saturated carbocycles. The number of piperazine rings is 1. The molecule has 3 heterocycles. The van der Waals surface area contributed by atoms with E-state index >= 15 is 0 Å². The molecule has 0 aromatic carbocycles. The molecule has 0 N–H and O–H groups in total. The zero-order chi connectivity index (χ0) is 21.9. The zero-order valence-corrected chi connectivity index (χ0v) is 19.2. The average molecular weight is 457 g/mol. The van der Waals surface area contributed by atoms with Gasteiger partial charge in [0, 0.05) is 45.5 Å². The van der Waals surface area contributed by atoms with Crippen LogP contribution in [-0.4, -0.2) is 88.7 Å². The van der Waals surface area contributed by atoms with Crippen molar-refractivity contribution >= 4 is 34.0 Å². The van der Waals surface area contributed by atoms with Crippen LogP contribution in [0.2, 0.25) is 0 Å².